The van der Waals surface area contributed by atoms with Crippen LogP contribution in [-0.2, 0) is 0 Å². The van der Waals surface area contributed by atoms with Crippen molar-refractivity contribution in [1.29, 1.82) is 0 Å². The van der Waals surface area contributed by atoms with E-state index in [4.69, 9.17) is 4.74 Å². The molecule has 128 valence electrons. The number of nitrogens with one attached hydrogen (secondary N) is 2. The zero-order valence-corrected chi connectivity index (χ0v) is 13.6. The molecule has 2 unspecified atom stereocenters. The maximum atomic E-state index is 14.0. The highest BCUT2D eigenvalue weighted by molar-refractivity contribution is 5.89. The Labute approximate surface area is 136 Å². The van der Waals surface area contributed by atoms with Crippen LogP contribution in [0.25, 0.3) is 0 Å². The number of urea groups is 1. The van der Waals surface area contributed by atoms with E-state index in [2.05, 4.69) is 10.6 Å². The van der Waals surface area contributed by atoms with E-state index in [0.717, 1.165) is 25.7 Å². The summed E-state index contributed by atoms with van der Waals surface area (Å²) in [6.45, 7) is 3.78. The monoisotopic (exact) mass is 324 g/mol. The number of carbonyl (C=O) groups is 1. The second kappa shape index (κ2) is 8.15. The summed E-state index contributed by atoms with van der Waals surface area (Å²) in [7, 11) is 0. The van der Waals surface area contributed by atoms with Gasteiger partial charge in [0.15, 0.2) is 0 Å². The number of hydrogen-bond donors (Lipinski definition) is 3. The van der Waals surface area contributed by atoms with Gasteiger partial charge in [0, 0.05) is 24.6 Å². The fourth-order valence-electron chi connectivity index (χ4n) is 2.89. The number of carbonyl (C=O) groups excluding carboxylic acids is 1. The van der Waals surface area contributed by atoms with Gasteiger partial charge in [-0.3, -0.25) is 0 Å². The summed E-state index contributed by atoms with van der Waals surface area (Å²) in [5, 5.41) is 14.7. The highest BCUT2D eigenvalue weighted by Gasteiger charge is 2.26. The number of hydrogen-bond acceptors (Lipinski definition) is 3. The lowest BCUT2D eigenvalue weighted by Crippen LogP contribution is -2.45. The summed E-state index contributed by atoms with van der Waals surface area (Å²) < 4.78 is 19.4. The van der Waals surface area contributed by atoms with Crippen molar-refractivity contribution in [2.24, 2.45) is 5.92 Å². The Hall–Kier alpha value is -1.82. The number of aliphatic hydroxyl groups is 1. The summed E-state index contributed by atoms with van der Waals surface area (Å²) in [6, 6.07) is 3.84. The molecule has 1 aromatic rings. The van der Waals surface area contributed by atoms with E-state index in [-0.39, 0.29) is 30.4 Å². The van der Waals surface area contributed by atoms with Crippen LogP contribution in [0.2, 0.25) is 0 Å². The number of rotatable bonds is 5. The number of anilines is 1. The molecule has 3 N–H and O–H groups in total. The van der Waals surface area contributed by atoms with E-state index in [1.807, 2.05) is 13.8 Å². The van der Waals surface area contributed by atoms with Crippen molar-refractivity contribution in [3.05, 3.63) is 24.0 Å². The Balaban J connectivity index is 1.94. The summed E-state index contributed by atoms with van der Waals surface area (Å²) in [6.07, 6.45) is 3.78. The Kier molecular flexibility index (Phi) is 6.21. The lowest BCUT2D eigenvalue weighted by atomic mass is 9.85. The molecule has 2 amide bonds. The summed E-state index contributed by atoms with van der Waals surface area (Å²) >= 11 is 0. The first kappa shape index (κ1) is 17.5. The molecule has 1 aliphatic carbocycles. The van der Waals surface area contributed by atoms with Gasteiger partial charge in [-0.15, -0.1) is 0 Å². The molecule has 6 heteroatoms. The predicted octanol–water partition coefficient (Wildman–Crippen LogP) is 3.29. The van der Waals surface area contributed by atoms with Crippen molar-refractivity contribution >= 4 is 11.7 Å². The SMILES string of the molecule is CC(C)Oc1ccc(NC(=O)NC2CCCCC2CO)c(F)c1. The standard InChI is InChI=1S/C17H25FN2O3/c1-11(2)23-13-7-8-16(14(18)9-13)20-17(22)19-15-6-4-3-5-12(15)10-21/h7-9,11-12,15,21H,3-6,10H2,1-2H3,(H2,19,20,22). The van der Waals surface area contributed by atoms with Crippen LogP contribution in [0.1, 0.15) is 39.5 Å². The molecule has 0 radical (unpaired) electrons. The van der Waals surface area contributed by atoms with Gasteiger partial charge in [0.2, 0.25) is 0 Å². The number of benzene rings is 1. The molecular formula is C17H25FN2O3. The fourth-order valence-corrected chi connectivity index (χ4v) is 2.89. The van der Waals surface area contributed by atoms with Gasteiger partial charge in [0.1, 0.15) is 11.6 Å². The Morgan fingerprint density at radius 3 is 2.78 bits per heavy atom. The average Bonchev–Trinajstić information content (AvgIpc) is 2.50. The van der Waals surface area contributed by atoms with Gasteiger partial charge in [0.05, 0.1) is 11.8 Å². The third-order valence-corrected chi connectivity index (χ3v) is 4.02. The quantitative estimate of drug-likeness (QED) is 0.778. The highest BCUT2D eigenvalue weighted by Crippen LogP contribution is 2.25. The first-order valence-corrected chi connectivity index (χ1v) is 8.14. The Morgan fingerprint density at radius 2 is 2.13 bits per heavy atom. The van der Waals surface area contributed by atoms with Crippen molar-refractivity contribution in [1.82, 2.24) is 5.32 Å². The minimum absolute atomic E-state index is 0.0433. The molecule has 2 atom stereocenters. The van der Waals surface area contributed by atoms with E-state index < -0.39 is 11.8 Å². The van der Waals surface area contributed by atoms with Crippen molar-refractivity contribution in [2.75, 3.05) is 11.9 Å². The van der Waals surface area contributed by atoms with Crippen molar-refractivity contribution in [2.45, 2.75) is 51.7 Å². The number of aliphatic hydroxyl groups excluding tert-OH is 1. The average molecular weight is 324 g/mol. The molecule has 0 aromatic heterocycles. The molecule has 0 saturated heterocycles. The molecule has 0 aliphatic heterocycles. The first-order valence-electron chi connectivity index (χ1n) is 8.14. The molecule has 0 bridgehead atoms. The van der Waals surface area contributed by atoms with E-state index in [1.54, 1.807) is 6.07 Å². The van der Waals surface area contributed by atoms with E-state index >= 15 is 0 Å². The van der Waals surface area contributed by atoms with Crippen LogP contribution in [0.5, 0.6) is 5.75 Å². The van der Waals surface area contributed by atoms with Gasteiger partial charge in [-0.1, -0.05) is 12.8 Å². The van der Waals surface area contributed by atoms with Crippen molar-refractivity contribution in [3.8, 4) is 5.75 Å². The third-order valence-electron chi connectivity index (χ3n) is 4.02. The lowest BCUT2D eigenvalue weighted by Gasteiger charge is -2.30. The second-order valence-corrected chi connectivity index (χ2v) is 6.24. The maximum Gasteiger partial charge on any atom is 0.319 e. The van der Waals surface area contributed by atoms with Gasteiger partial charge in [-0.2, -0.15) is 0 Å². The second-order valence-electron chi connectivity index (χ2n) is 6.24. The van der Waals surface area contributed by atoms with Crippen LogP contribution in [0.3, 0.4) is 0 Å². The minimum atomic E-state index is -0.541. The van der Waals surface area contributed by atoms with Gasteiger partial charge < -0.3 is 20.5 Å². The van der Waals surface area contributed by atoms with Gasteiger partial charge >= 0.3 is 6.03 Å². The van der Waals surface area contributed by atoms with Crippen LogP contribution in [0.15, 0.2) is 18.2 Å². The predicted molar refractivity (Wildman–Crippen MR) is 87.2 cm³/mol. The van der Waals surface area contributed by atoms with E-state index in [1.165, 1.54) is 12.1 Å². The molecule has 1 saturated carbocycles. The normalized spacial score (nSPS) is 21.1. The fraction of sp³-hybridized carbons (Fsp3) is 0.588. The molecule has 2 rings (SSSR count). The van der Waals surface area contributed by atoms with Gasteiger partial charge in [-0.25, -0.2) is 9.18 Å². The van der Waals surface area contributed by atoms with Crippen molar-refractivity contribution in [3.63, 3.8) is 0 Å². The maximum absolute atomic E-state index is 14.0. The topological polar surface area (TPSA) is 70.6 Å². The van der Waals surface area contributed by atoms with Crippen LogP contribution < -0.4 is 15.4 Å². The Bertz CT molecular complexity index is 537. The number of ether oxygens (including phenoxy) is 1. The summed E-state index contributed by atoms with van der Waals surface area (Å²) in [5.74, 6) is -0.0436. The van der Waals surface area contributed by atoms with Gasteiger partial charge in [-0.05, 0) is 38.8 Å². The van der Waals surface area contributed by atoms with Crippen LogP contribution >= 0.6 is 0 Å². The van der Waals surface area contributed by atoms with Crippen LogP contribution in [0, 0.1) is 11.7 Å². The zero-order chi connectivity index (χ0) is 16.8. The molecule has 1 fully saturated rings. The van der Waals surface area contributed by atoms with Crippen LogP contribution in [-0.4, -0.2) is 29.9 Å². The summed E-state index contributed by atoms with van der Waals surface area (Å²) in [4.78, 5) is 12.1. The molecular weight excluding hydrogens is 299 g/mol. The molecule has 5 nitrogen and oxygen atoms in total. The molecule has 1 aromatic carbocycles. The number of amides is 2. The highest BCUT2D eigenvalue weighted by atomic mass is 19.1. The van der Waals surface area contributed by atoms with Gasteiger partial charge in [0.25, 0.3) is 0 Å². The van der Waals surface area contributed by atoms with E-state index in [9.17, 15) is 14.3 Å². The lowest BCUT2D eigenvalue weighted by molar-refractivity contribution is 0.156. The smallest absolute Gasteiger partial charge is 0.319 e. The number of halogens is 1. The molecule has 1 aliphatic rings. The third kappa shape index (κ3) is 5.10. The summed E-state index contributed by atoms with van der Waals surface area (Å²) in [5.41, 5.74) is 0.106. The molecule has 23 heavy (non-hydrogen) atoms. The van der Waals surface area contributed by atoms with Crippen LogP contribution in [0.4, 0.5) is 14.9 Å². The largest absolute Gasteiger partial charge is 0.491 e. The first-order chi connectivity index (χ1) is 11.0. The van der Waals surface area contributed by atoms with E-state index in [0.29, 0.717) is 5.75 Å². The minimum Gasteiger partial charge on any atom is -0.491 e. The molecule has 0 heterocycles. The van der Waals surface area contributed by atoms with Crippen molar-refractivity contribution < 1.29 is 19.0 Å². The zero-order valence-electron chi connectivity index (χ0n) is 13.6. The Morgan fingerprint density at radius 1 is 1.39 bits per heavy atom. The molecule has 0 spiro atoms.